The molecule has 4 rings (SSSR count). The molecule has 2 aromatic carbocycles. The van der Waals surface area contributed by atoms with Gasteiger partial charge in [0, 0.05) is 22.9 Å². The maximum Gasteiger partial charge on any atom is 0.335 e. The Hall–Kier alpha value is -4.14. The minimum Gasteiger partial charge on any atom is -0.478 e. The van der Waals surface area contributed by atoms with Crippen LogP contribution in [0.15, 0.2) is 54.6 Å². The van der Waals surface area contributed by atoms with Crippen LogP contribution in [0.4, 0.5) is 4.39 Å². The number of halogens is 1. The molecule has 0 bridgehead atoms. The van der Waals surface area contributed by atoms with Gasteiger partial charge in [-0.2, -0.15) is 5.21 Å². The molecule has 2 N–H and O–H groups in total. The van der Waals surface area contributed by atoms with Crippen LogP contribution in [0.1, 0.15) is 41.4 Å². The van der Waals surface area contributed by atoms with Gasteiger partial charge in [-0.3, -0.25) is 0 Å². The molecule has 0 aliphatic carbocycles. The molecule has 0 fully saturated rings. The molecule has 33 heavy (non-hydrogen) atoms. The number of carbonyl (C=O) groups is 1. The van der Waals surface area contributed by atoms with Gasteiger partial charge in [-0.15, -0.1) is 10.2 Å². The topological polar surface area (TPSA) is 114 Å². The number of aromatic amines is 1. The van der Waals surface area contributed by atoms with E-state index in [9.17, 15) is 14.3 Å². The Kier molecular flexibility index (Phi) is 6.68. The van der Waals surface area contributed by atoms with Crippen molar-refractivity contribution in [2.24, 2.45) is 0 Å². The number of ether oxygens (including phenoxy) is 1. The second kappa shape index (κ2) is 9.99. The van der Waals surface area contributed by atoms with Gasteiger partial charge in [0.25, 0.3) is 0 Å². The van der Waals surface area contributed by atoms with Gasteiger partial charge in [0.05, 0.1) is 5.56 Å². The van der Waals surface area contributed by atoms with Crippen molar-refractivity contribution >= 4 is 5.97 Å². The van der Waals surface area contributed by atoms with E-state index < -0.39 is 11.8 Å². The Bertz CT molecular complexity index is 1260. The number of hydrogen-bond donors (Lipinski definition) is 2. The summed E-state index contributed by atoms with van der Waals surface area (Å²) >= 11 is 0. The van der Waals surface area contributed by atoms with Crippen molar-refractivity contribution in [1.82, 2.24) is 25.6 Å². The smallest absolute Gasteiger partial charge is 0.335 e. The zero-order valence-corrected chi connectivity index (χ0v) is 18.0. The van der Waals surface area contributed by atoms with Crippen LogP contribution in [-0.4, -0.2) is 36.7 Å². The predicted octanol–water partition coefficient (Wildman–Crippen LogP) is 4.69. The van der Waals surface area contributed by atoms with Crippen LogP contribution in [-0.2, 0) is 13.0 Å². The van der Waals surface area contributed by atoms with Crippen molar-refractivity contribution in [3.8, 4) is 28.4 Å². The van der Waals surface area contributed by atoms with E-state index in [4.69, 9.17) is 4.74 Å². The number of carboxylic acids is 1. The van der Waals surface area contributed by atoms with Crippen LogP contribution >= 0.6 is 0 Å². The number of H-pyrrole nitrogens is 1. The summed E-state index contributed by atoms with van der Waals surface area (Å²) in [6, 6.07) is 15.1. The Morgan fingerprint density at radius 3 is 2.64 bits per heavy atom. The fourth-order valence-electron chi connectivity index (χ4n) is 3.43. The minimum atomic E-state index is -1.06. The number of aromatic carboxylic acids is 1. The number of rotatable bonds is 9. The first kappa shape index (κ1) is 22.1. The van der Waals surface area contributed by atoms with Crippen LogP contribution < -0.4 is 4.74 Å². The molecule has 2 heterocycles. The molecule has 9 heteroatoms. The van der Waals surface area contributed by atoms with Crippen molar-refractivity contribution in [1.29, 1.82) is 0 Å². The molecule has 2 aromatic heterocycles. The minimum absolute atomic E-state index is 0.0815. The summed E-state index contributed by atoms with van der Waals surface area (Å²) in [4.78, 5) is 15.8. The predicted molar refractivity (Wildman–Crippen MR) is 119 cm³/mol. The Morgan fingerprint density at radius 1 is 1.12 bits per heavy atom. The first-order valence-corrected chi connectivity index (χ1v) is 10.5. The summed E-state index contributed by atoms with van der Waals surface area (Å²) in [5.74, 6) is -0.930. The molecule has 168 valence electrons. The summed E-state index contributed by atoms with van der Waals surface area (Å²) in [6.45, 7) is 1.97. The maximum absolute atomic E-state index is 14.9. The van der Waals surface area contributed by atoms with Crippen molar-refractivity contribution in [3.63, 3.8) is 0 Å². The quantitative estimate of drug-likeness (QED) is 0.383. The van der Waals surface area contributed by atoms with Gasteiger partial charge in [0.1, 0.15) is 12.4 Å². The van der Waals surface area contributed by atoms with E-state index in [2.05, 4.69) is 25.6 Å². The van der Waals surface area contributed by atoms with Crippen molar-refractivity contribution in [2.75, 3.05) is 0 Å². The number of hydrogen-bond acceptors (Lipinski definition) is 6. The summed E-state index contributed by atoms with van der Waals surface area (Å²) in [5, 5.41) is 23.4. The lowest BCUT2D eigenvalue weighted by atomic mass is 9.98. The number of aromatic nitrogens is 5. The Balaban J connectivity index is 1.55. The first-order valence-electron chi connectivity index (χ1n) is 10.5. The molecule has 0 amide bonds. The normalized spacial score (nSPS) is 10.8. The van der Waals surface area contributed by atoms with Crippen LogP contribution in [0.25, 0.3) is 22.5 Å². The molecule has 0 saturated heterocycles. The first-order chi connectivity index (χ1) is 16.0. The monoisotopic (exact) mass is 447 g/mol. The molecule has 0 saturated carbocycles. The van der Waals surface area contributed by atoms with Crippen LogP contribution in [0.3, 0.4) is 0 Å². The van der Waals surface area contributed by atoms with Gasteiger partial charge >= 0.3 is 5.97 Å². The summed E-state index contributed by atoms with van der Waals surface area (Å²) < 4.78 is 20.6. The number of tetrazole rings is 1. The van der Waals surface area contributed by atoms with Gasteiger partial charge < -0.3 is 9.84 Å². The summed E-state index contributed by atoms with van der Waals surface area (Å²) in [5.41, 5.74) is 3.21. The summed E-state index contributed by atoms with van der Waals surface area (Å²) in [6.07, 6.45) is 2.50. The second-order valence-corrected chi connectivity index (χ2v) is 7.47. The highest BCUT2D eigenvalue weighted by Crippen LogP contribution is 2.31. The van der Waals surface area contributed by atoms with E-state index in [1.165, 1.54) is 12.1 Å². The SMILES string of the molecule is CCCCc1cc(C(=O)O)cc(OCc2ccc(-c3ccccc3-c3nn[nH]n3)cc2F)n1. The Labute approximate surface area is 189 Å². The van der Waals surface area contributed by atoms with Crippen molar-refractivity contribution in [3.05, 3.63) is 77.2 Å². The van der Waals surface area contributed by atoms with Gasteiger partial charge in [0.2, 0.25) is 11.7 Å². The highest BCUT2D eigenvalue weighted by molar-refractivity contribution is 5.88. The fraction of sp³-hybridized carbons (Fsp3) is 0.208. The van der Waals surface area contributed by atoms with Crippen LogP contribution in [0.2, 0.25) is 0 Å². The number of nitrogens with one attached hydrogen (secondary N) is 1. The largest absolute Gasteiger partial charge is 0.478 e. The molecule has 0 aliphatic heterocycles. The number of benzene rings is 2. The molecular formula is C24H22FN5O3. The molecule has 0 radical (unpaired) electrons. The van der Waals surface area contributed by atoms with Gasteiger partial charge in [-0.05, 0) is 41.3 Å². The zero-order valence-electron chi connectivity index (χ0n) is 18.0. The molecule has 8 nitrogen and oxygen atoms in total. The van der Waals surface area contributed by atoms with Crippen molar-refractivity contribution < 1.29 is 19.0 Å². The summed E-state index contributed by atoms with van der Waals surface area (Å²) in [7, 11) is 0. The van der Waals surface area contributed by atoms with Gasteiger partial charge in [-0.25, -0.2) is 14.2 Å². The van der Waals surface area contributed by atoms with Gasteiger partial charge in [-0.1, -0.05) is 49.7 Å². The molecule has 0 atom stereocenters. The van der Waals surface area contributed by atoms with E-state index in [1.807, 2.05) is 31.2 Å². The molecular weight excluding hydrogens is 425 g/mol. The van der Waals surface area contributed by atoms with Crippen molar-refractivity contribution in [2.45, 2.75) is 32.8 Å². The number of pyridine rings is 1. The standard InChI is InChI=1S/C24H22FN5O3/c1-2-3-6-18-11-17(24(31)32)13-22(26-18)33-14-16-10-9-15(12-21(16)25)19-7-4-5-8-20(19)23-27-29-30-28-23/h4-5,7-13H,2-3,6,14H2,1H3,(H,31,32)(H,27,28,29,30). The van der Waals surface area contributed by atoms with Crippen LogP contribution in [0.5, 0.6) is 5.88 Å². The van der Waals surface area contributed by atoms with Crippen LogP contribution in [0, 0.1) is 5.82 Å². The number of unbranched alkanes of at least 4 members (excludes halogenated alkanes) is 1. The maximum atomic E-state index is 14.9. The third-order valence-electron chi connectivity index (χ3n) is 5.14. The molecule has 0 spiro atoms. The zero-order chi connectivity index (χ0) is 23.2. The second-order valence-electron chi connectivity index (χ2n) is 7.47. The van der Waals surface area contributed by atoms with E-state index in [0.29, 0.717) is 29.1 Å². The lowest BCUT2D eigenvalue weighted by molar-refractivity contribution is 0.0696. The Morgan fingerprint density at radius 2 is 1.94 bits per heavy atom. The van der Waals surface area contributed by atoms with Gasteiger partial charge in [0.15, 0.2) is 0 Å². The average molecular weight is 447 g/mol. The van der Waals surface area contributed by atoms with E-state index in [-0.39, 0.29) is 18.1 Å². The average Bonchev–Trinajstić information content (AvgIpc) is 3.37. The molecule has 0 unspecified atom stereocenters. The third-order valence-corrected chi connectivity index (χ3v) is 5.14. The number of aryl methyl sites for hydroxylation is 1. The van der Waals surface area contributed by atoms with E-state index in [0.717, 1.165) is 24.0 Å². The molecule has 4 aromatic rings. The van der Waals surface area contributed by atoms with E-state index in [1.54, 1.807) is 18.2 Å². The number of nitrogens with zero attached hydrogens (tertiary/aromatic N) is 4. The lowest BCUT2D eigenvalue weighted by Crippen LogP contribution is -2.05. The number of carboxylic acid groups (broad SMARTS) is 1. The molecule has 0 aliphatic rings. The van der Waals surface area contributed by atoms with E-state index >= 15 is 0 Å². The fourth-order valence-corrected chi connectivity index (χ4v) is 3.43. The lowest BCUT2D eigenvalue weighted by Gasteiger charge is -2.11. The highest BCUT2D eigenvalue weighted by atomic mass is 19.1. The third kappa shape index (κ3) is 5.20. The highest BCUT2D eigenvalue weighted by Gasteiger charge is 2.14.